The van der Waals surface area contributed by atoms with E-state index in [9.17, 15) is 4.79 Å². The van der Waals surface area contributed by atoms with Gasteiger partial charge >= 0.3 is 0 Å². The van der Waals surface area contributed by atoms with Gasteiger partial charge in [0.25, 0.3) is 0 Å². The fourth-order valence-corrected chi connectivity index (χ4v) is 6.50. The van der Waals surface area contributed by atoms with Crippen molar-refractivity contribution in [3.63, 3.8) is 0 Å². The molecule has 2 aromatic rings. The molecular formula is C19H27N4OS2+. The third kappa shape index (κ3) is 3.37. The molecule has 1 aliphatic heterocycles. The van der Waals surface area contributed by atoms with Crippen molar-refractivity contribution in [3.05, 3.63) is 16.3 Å². The second-order valence-corrected chi connectivity index (χ2v) is 9.72. The summed E-state index contributed by atoms with van der Waals surface area (Å²) in [6, 6.07) is 0. The number of hydrogen-bond donors (Lipinski definition) is 1. The van der Waals surface area contributed by atoms with E-state index < -0.39 is 0 Å². The highest BCUT2D eigenvalue weighted by molar-refractivity contribution is 8.00. The first-order chi connectivity index (χ1) is 12.6. The van der Waals surface area contributed by atoms with Crippen LogP contribution in [-0.4, -0.2) is 58.7 Å². The van der Waals surface area contributed by atoms with Crippen LogP contribution >= 0.6 is 23.1 Å². The van der Waals surface area contributed by atoms with E-state index in [0.29, 0.717) is 0 Å². The minimum absolute atomic E-state index is 0.104. The predicted molar refractivity (Wildman–Crippen MR) is 107 cm³/mol. The standard InChI is InChI=1S/C19H26N4OS2/c1-4-22-8-10-23(11-9-22)19(24)12(2)25-17-16-14-6-5-7-15(14)26-18(16)21-13(3)20-17/h12H,4-11H2,1-3H3/p+1/t12-/m0/s1. The van der Waals surface area contributed by atoms with E-state index in [2.05, 4.69) is 11.9 Å². The number of fused-ring (bicyclic) bond motifs is 3. The average molecular weight is 392 g/mol. The van der Waals surface area contributed by atoms with Crippen LogP contribution in [0.5, 0.6) is 0 Å². The summed E-state index contributed by atoms with van der Waals surface area (Å²) in [4.78, 5) is 28.5. The number of hydrogen-bond acceptors (Lipinski definition) is 5. The Morgan fingerprint density at radius 2 is 2.08 bits per heavy atom. The van der Waals surface area contributed by atoms with Gasteiger partial charge in [-0.2, -0.15) is 0 Å². The zero-order valence-electron chi connectivity index (χ0n) is 15.8. The first-order valence-corrected chi connectivity index (χ1v) is 11.3. The number of thioether (sulfide) groups is 1. The van der Waals surface area contributed by atoms with Gasteiger partial charge in [0.05, 0.1) is 38.0 Å². The summed E-state index contributed by atoms with van der Waals surface area (Å²) in [6.07, 6.45) is 3.52. The molecule has 1 fully saturated rings. The molecule has 1 atom stereocenters. The van der Waals surface area contributed by atoms with Crippen molar-refractivity contribution >= 4 is 39.2 Å². The zero-order chi connectivity index (χ0) is 18.3. The molecule has 7 heteroatoms. The lowest BCUT2D eigenvalue weighted by atomic mass is 10.2. The third-order valence-electron chi connectivity index (χ3n) is 5.56. The van der Waals surface area contributed by atoms with Crippen LogP contribution in [0.4, 0.5) is 0 Å². The molecule has 0 aromatic carbocycles. The van der Waals surface area contributed by atoms with Gasteiger partial charge in [0.1, 0.15) is 15.7 Å². The average Bonchev–Trinajstić information content (AvgIpc) is 3.21. The molecule has 0 radical (unpaired) electrons. The van der Waals surface area contributed by atoms with Gasteiger partial charge in [-0.25, -0.2) is 9.97 Å². The molecule has 1 aliphatic carbocycles. The Morgan fingerprint density at radius 1 is 1.31 bits per heavy atom. The van der Waals surface area contributed by atoms with E-state index in [4.69, 9.17) is 4.98 Å². The highest BCUT2D eigenvalue weighted by Crippen LogP contribution is 2.41. The van der Waals surface area contributed by atoms with Gasteiger partial charge in [0.15, 0.2) is 0 Å². The van der Waals surface area contributed by atoms with Crippen LogP contribution in [0.2, 0.25) is 0 Å². The number of thiophene rings is 1. The maximum Gasteiger partial charge on any atom is 0.236 e. The van der Waals surface area contributed by atoms with Crippen molar-refractivity contribution in [2.24, 2.45) is 0 Å². The number of nitrogens with zero attached hydrogens (tertiary/aromatic N) is 3. The number of carbonyl (C=O) groups excluding carboxylic acids is 1. The summed E-state index contributed by atoms with van der Waals surface area (Å²) in [5.74, 6) is 1.06. The van der Waals surface area contributed by atoms with E-state index in [1.165, 1.54) is 22.2 Å². The molecule has 0 bridgehead atoms. The molecule has 0 unspecified atom stereocenters. The molecule has 1 saturated heterocycles. The Balaban J connectivity index is 1.54. The Hall–Kier alpha value is -1.18. The van der Waals surface area contributed by atoms with Crippen LogP contribution in [0, 0.1) is 6.92 Å². The Morgan fingerprint density at radius 3 is 2.81 bits per heavy atom. The summed E-state index contributed by atoms with van der Waals surface area (Å²) in [5, 5.41) is 2.12. The minimum Gasteiger partial charge on any atom is -0.332 e. The number of quaternary nitrogens is 1. The van der Waals surface area contributed by atoms with Gasteiger partial charge in [-0.3, -0.25) is 4.79 Å². The minimum atomic E-state index is -0.104. The number of carbonyl (C=O) groups is 1. The monoisotopic (exact) mass is 391 g/mol. The number of amides is 1. The number of aryl methyl sites for hydroxylation is 3. The molecule has 0 spiro atoms. The SMILES string of the molecule is CC[NH+]1CCN(C(=O)[C@H](C)Sc2nc(C)nc3sc4c(c23)CCC4)CC1. The second kappa shape index (κ2) is 7.44. The van der Waals surface area contributed by atoms with Crippen LogP contribution in [-0.2, 0) is 17.6 Å². The van der Waals surface area contributed by atoms with Crippen molar-refractivity contribution in [1.82, 2.24) is 14.9 Å². The maximum atomic E-state index is 12.9. The number of likely N-dealkylation sites (N-methyl/N-ethyl adjacent to an activating group) is 1. The molecule has 1 N–H and O–H groups in total. The van der Waals surface area contributed by atoms with Crippen LogP contribution in [0.3, 0.4) is 0 Å². The van der Waals surface area contributed by atoms with Crippen molar-refractivity contribution in [2.75, 3.05) is 32.7 Å². The Kier molecular flexibility index (Phi) is 5.21. The number of piperazine rings is 1. The van der Waals surface area contributed by atoms with E-state index >= 15 is 0 Å². The summed E-state index contributed by atoms with van der Waals surface area (Å²) >= 11 is 3.44. The zero-order valence-corrected chi connectivity index (χ0v) is 17.4. The normalized spacial score (nSPS) is 19.1. The molecule has 2 aromatic heterocycles. The Labute approximate surface area is 163 Å². The molecule has 1 amide bonds. The summed E-state index contributed by atoms with van der Waals surface area (Å²) in [5.41, 5.74) is 1.44. The molecule has 4 rings (SSSR count). The lowest BCUT2D eigenvalue weighted by Gasteiger charge is -2.33. The van der Waals surface area contributed by atoms with Crippen molar-refractivity contribution in [1.29, 1.82) is 0 Å². The number of aromatic nitrogens is 2. The summed E-state index contributed by atoms with van der Waals surface area (Å²) < 4.78 is 0. The molecular weight excluding hydrogens is 364 g/mol. The van der Waals surface area contributed by atoms with Gasteiger partial charge in [0, 0.05) is 10.3 Å². The van der Waals surface area contributed by atoms with Crippen LogP contribution in [0.15, 0.2) is 5.03 Å². The highest BCUT2D eigenvalue weighted by Gasteiger charge is 2.29. The maximum absolute atomic E-state index is 12.9. The van der Waals surface area contributed by atoms with Gasteiger partial charge in [-0.1, -0.05) is 11.8 Å². The molecule has 26 heavy (non-hydrogen) atoms. The van der Waals surface area contributed by atoms with Crippen molar-refractivity contribution in [2.45, 2.75) is 50.3 Å². The smallest absolute Gasteiger partial charge is 0.236 e. The van der Waals surface area contributed by atoms with E-state index in [1.807, 2.05) is 30.1 Å². The summed E-state index contributed by atoms with van der Waals surface area (Å²) in [6.45, 7) is 11.2. The quantitative estimate of drug-likeness (QED) is 0.637. The number of nitrogens with one attached hydrogen (secondary N) is 1. The largest absolute Gasteiger partial charge is 0.332 e. The van der Waals surface area contributed by atoms with Crippen molar-refractivity contribution in [3.8, 4) is 0 Å². The van der Waals surface area contributed by atoms with Gasteiger partial charge in [0.2, 0.25) is 5.91 Å². The first kappa shape index (κ1) is 18.2. The second-order valence-electron chi connectivity index (χ2n) is 7.30. The number of rotatable bonds is 4. The summed E-state index contributed by atoms with van der Waals surface area (Å²) in [7, 11) is 0. The fraction of sp³-hybridized carbons (Fsp3) is 0.632. The van der Waals surface area contributed by atoms with Gasteiger partial charge < -0.3 is 9.80 Å². The Bertz CT molecular complexity index is 827. The predicted octanol–water partition coefficient (Wildman–Crippen LogP) is 1.72. The van der Waals surface area contributed by atoms with Gasteiger partial charge in [-0.05, 0) is 45.6 Å². The van der Waals surface area contributed by atoms with E-state index in [0.717, 1.165) is 61.2 Å². The van der Waals surface area contributed by atoms with E-state index in [-0.39, 0.29) is 11.2 Å². The molecule has 0 saturated carbocycles. The van der Waals surface area contributed by atoms with Crippen molar-refractivity contribution < 1.29 is 9.69 Å². The molecule has 5 nitrogen and oxygen atoms in total. The lowest BCUT2D eigenvalue weighted by molar-refractivity contribution is -0.902. The lowest BCUT2D eigenvalue weighted by Crippen LogP contribution is -3.14. The van der Waals surface area contributed by atoms with Crippen LogP contribution < -0.4 is 4.90 Å². The topological polar surface area (TPSA) is 50.5 Å². The fourth-order valence-electron chi connectivity index (χ4n) is 4.02. The molecule has 2 aliphatic rings. The highest BCUT2D eigenvalue weighted by atomic mass is 32.2. The van der Waals surface area contributed by atoms with Crippen LogP contribution in [0.25, 0.3) is 10.2 Å². The first-order valence-electron chi connectivity index (χ1n) is 9.64. The molecule has 3 heterocycles. The van der Waals surface area contributed by atoms with Crippen LogP contribution in [0.1, 0.15) is 36.5 Å². The third-order valence-corrected chi connectivity index (χ3v) is 7.82. The van der Waals surface area contributed by atoms with Gasteiger partial charge in [-0.15, -0.1) is 11.3 Å². The molecule has 140 valence electrons. The van der Waals surface area contributed by atoms with E-state index in [1.54, 1.807) is 16.7 Å².